The van der Waals surface area contributed by atoms with Crippen molar-refractivity contribution in [1.82, 2.24) is 0 Å². The predicted octanol–water partition coefficient (Wildman–Crippen LogP) is 5.29. The summed E-state index contributed by atoms with van der Waals surface area (Å²) in [6.07, 6.45) is 13.8. The van der Waals surface area contributed by atoms with Gasteiger partial charge in [0.15, 0.2) is 0 Å². The lowest BCUT2D eigenvalue weighted by molar-refractivity contribution is 0.218. The van der Waals surface area contributed by atoms with Crippen LogP contribution in [-0.4, -0.2) is 17.1 Å². The van der Waals surface area contributed by atoms with Crippen LogP contribution in [0.15, 0.2) is 0 Å². The summed E-state index contributed by atoms with van der Waals surface area (Å²) in [6.45, 7) is 2.13. The van der Waals surface area contributed by atoms with E-state index in [0.29, 0.717) is 0 Å². The molecule has 0 radical (unpaired) electrons. The van der Waals surface area contributed by atoms with E-state index in [1.165, 1.54) is 44.9 Å². The summed E-state index contributed by atoms with van der Waals surface area (Å²) in [4.78, 5) is 0. The minimum atomic E-state index is -0.401. The van der Waals surface area contributed by atoms with Crippen LogP contribution in [0.3, 0.4) is 0 Å². The van der Waals surface area contributed by atoms with Crippen LogP contribution in [0, 0.1) is 11.8 Å². The Morgan fingerprint density at radius 3 is 2.05 bits per heavy atom. The highest BCUT2D eigenvalue weighted by Crippen LogP contribution is 2.09. The topological polar surface area (TPSA) is 20.2 Å². The highest BCUT2D eigenvalue weighted by Gasteiger charge is 1.96. The zero-order chi connectivity index (χ0) is 14.2. The van der Waals surface area contributed by atoms with Crippen LogP contribution in [0.25, 0.3) is 0 Å². The molecule has 0 aromatic heterocycles. The molecule has 0 fully saturated rings. The van der Waals surface area contributed by atoms with E-state index in [1.807, 2.05) is 0 Å². The molecule has 0 aromatic rings. The van der Waals surface area contributed by atoms with Crippen LogP contribution in [0.2, 0.25) is 0 Å². The Balaban J connectivity index is 3.20. The summed E-state index contributed by atoms with van der Waals surface area (Å²) in [5.74, 6) is 6.84. The van der Waals surface area contributed by atoms with Crippen molar-refractivity contribution in [3.8, 4) is 11.8 Å². The first-order valence-electron chi connectivity index (χ1n) is 8.03. The van der Waals surface area contributed by atoms with E-state index in [9.17, 15) is 5.11 Å². The molecule has 19 heavy (non-hydrogen) atoms. The van der Waals surface area contributed by atoms with Gasteiger partial charge >= 0.3 is 0 Å². The van der Waals surface area contributed by atoms with Gasteiger partial charge in [-0.1, -0.05) is 64.2 Å². The third-order valence-electron chi connectivity index (χ3n) is 3.29. The molecule has 0 aliphatic heterocycles. The predicted molar refractivity (Wildman–Crippen MR) is 85.6 cm³/mol. The van der Waals surface area contributed by atoms with E-state index in [-0.39, 0.29) is 0 Å². The highest BCUT2D eigenvalue weighted by molar-refractivity contribution is 6.17. The largest absolute Gasteiger partial charge is 0.380 e. The molecule has 0 spiro atoms. The van der Waals surface area contributed by atoms with Gasteiger partial charge in [-0.15, -0.1) is 17.5 Å². The number of hydrogen-bond acceptors (Lipinski definition) is 1. The summed E-state index contributed by atoms with van der Waals surface area (Å²) in [5.41, 5.74) is 0. The Labute approximate surface area is 125 Å². The molecule has 0 bridgehead atoms. The van der Waals surface area contributed by atoms with Crippen molar-refractivity contribution in [3.63, 3.8) is 0 Å². The second-order valence-corrected chi connectivity index (χ2v) is 5.62. The SMILES string of the molecule is CCCC[C@H](O)C#CCCCCCCCCCCCl. The zero-order valence-electron chi connectivity index (χ0n) is 12.6. The van der Waals surface area contributed by atoms with Gasteiger partial charge in [-0.3, -0.25) is 0 Å². The van der Waals surface area contributed by atoms with Crippen LogP contribution in [0.4, 0.5) is 0 Å². The van der Waals surface area contributed by atoms with Crippen LogP contribution in [0.1, 0.15) is 84.0 Å². The maximum Gasteiger partial charge on any atom is 0.114 e. The fourth-order valence-electron chi connectivity index (χ4n) is 2.03. The number of alkyl halides is 1. The van der Waals surface area contributed by atoms with Crippen molar-refractivity contribution in [2.45, 2.75) is 90.1 Å². The van der Waals surface area contributed by atoms with E-state index in [4.69, 9.17) is 11.6 Å². The number of halogens is 1. The zero-order valence-corrected chi connectivity index (χ0v) is 13.4. The van der Waals surface area contributed by atoms with Crippen LogP contribution >= 0.6 is 11.6 Å². The van der Waals surface area contributed by atoms with E-state index < -0.39 is 6.10 Å². The second kappa shape index (κ2) is 15.9. The number of hydrogen-bond donors (Lipinski definition) is 1. The Kier molecular flexibility index (Phi) is 15.7. The number of aliphatic hydroxyl groups excluding tert-OH is 1. The summed E-state index contributed by atoms with van der Waals surface area (Å²) < 4.78 is 0. The van der Waals surface area contributed by atoms with Gasteiger partial charge in [0, 0.05) is 12.3 Å². The fraction of sp³-hybridized carbons (Fsp3) is 0.882. The molecular weight excluding hydrogens is 256 g/mol. The molecule has 2 heteroatoms. The van der Waals surface area contributed by atoms with Crippen molar-refractivity contribution in [1.29, 1.82) is 0 Å². The average Bonchev–Trinajstić information content (AvgIpc) is 2.42. The van der Waals surface area contributed by atoms with Gasteiger partial charge in [0.05, 0.1) is 0 Å². The quantitative estimate of drug-likeness (QED) is 0.294. The molecule has 0 unspecified atom stereocenters. The minimum Gasteiger partial charge on any atom is -0.380 e. The van der Waals surface area contributed by atoms with Gasteiger partial charge in [-0.05, 0) is 19.3 Å². The second-order valence-electron chi connectivity index (χ2n) is 5.25. The molecule has 1 atom stereocenters. The van der Waals surface area contributed by atoms with Gasteiger partial charge in [0.25, 0.3) is 0 Å². The minimum absolute atomic E-state index is 0.401. The first-order chi connectivity index (χ1) is 9.31. The van der Waals surface area contributed by atoms with Gasteiger partial charge in [-0.2, -0.15) is 0 Å². The molecule has 0 saturated heterocycles. The molecule has 0 aromatic carbocycles. The molecular formula is C17H31ClO. The first kappa shape index (κ1) is 18.8. The lowest BCUT2D eigenvalue weighted by Crippen LogP contribution is -2.01. The molecule has 0 heterocycles. The van der Waals surface area contributed by atoms with Crippen molar-refractivity contribution in [3.05, 3.63) is 0 Å². The molecule has 0 saturated carbocycles. The summed E-state index contributed by atoms with van der Waals surface area (Å²) in [7, 11) is 0. The number of aliphatic hydroxyl groups is 1. The van der Waals surface area contributed by atoms with Gasteiger partial charge < -0.3 is 5.11 Å². The van der Waals surface area contributed by atoms with E-state index in [1.54, 1.807) is 0 Å². The lowest BCUT2D eigenvalue weighted by Gasteiger charge is -2.01. The molecule has 1 nitrogen and oxygen atoms in total. The smallest absolute Gasteiger partial charge is 0.114 e. The normalized spacial score (nSPS) is 11.9. The van der Waals surface area contributed by atoms with E-state index in [0.717, 1.165) is 38.0 Å². The summed E-state index contributed by atoms with van der Waals surface area (Å²) in [5, 5.41) is 9.54. The van der Waals surface area contributed by atoms with E-state index in [2.05, 4.69) is 18.8 Å². The first-order valence-corrected chi connectivity index (χ1v) is 8.57. The van der Waals surface area contributed by atoms with Crippen LogP contribution < -0.4 is 0 Å². The summed E-state index contributed by atoms with van der Waals surface area (Å²) in [6, 6.07) is 0. The molecule has 0 aliphatic rings. The Hall–Kier alpha value is -0.190. The maximum atomic E-state index is 9.54. The standard InChI is InChI=1S/C17H31ClO/c1-2-3-14-17(19)15-12-10-8-6-4-5-7-9-11-13-16-18/h17,19H,2-11,13-14,16H2,1H3/t17-/m0/s1. The average molecular weight is 287 g/mol. The highest BCUT2D eigenvalue weighted by atomic mass is 35.5. The molecule has 0 amide bonds. The molecule has 112 valence electrons. The van der Waals surface area contributed by atoms with Crippen molar-refractivity contribution >= 4 is 11.6 Å². The number of rotatable bonds is 12. The maximum absolute atomic E-state index is 9.54. The summed E-state index contributed by atoms with van der Waals surface area (Å²) >= 11 is 5.63. The monoisotopic (exact) mass is 286 g/mol. The Morgan fingerprint density at radius 2 is 1.47 bits per heavy atom. The Morgan fingerprint density at radius 1 is 0.895 bits per heavy atom. The van der Waals surface area contributed by atoms with Gasteiger partial charge in [0.1, 0.15) is 6.10 Å². The van der Waals surface area contributed by atoms with E-state index >= 15 is 0 Å². The Bertz CT molecular complexity index is 229. The lowest BCUT2D eigenvalue weighted by atomic mass is 10.1. The van der Waals surface area contributed by atoms with Crippen molar-refractivity contribution in [2.75, 3.05) is 5.88 Å². The fourth-order valence-corrected chi connectivity index (χ4v) is 2.22. The third-order valence-corrected chi connectivity index (χ3v) is 3.55. The van der Waals surface area contributed by atoms with Gasteiger partial charge in [-0.25, -0.2) is 0 Å². The van der Waals surface area contributed by atoms with Crippen molar-refractivity contribution < 1.29 is 5.11 Å². The molecule has 1 N–H and O–H groups in total. The van der Waals surface area contributed by atoms with Crippen LogP contribution in [-0.2, 0) is 0 Å². The van der Waals surface area contributed by atoms with Crippen LogP contribution in [0.5, 0.6) is 0 Å². The van der Waals surface area contributed by atoms with Gasteiger partial charge in [0.2, 0.25) is 0 Å². The molecule has 0 rings (SSSR count). The third kappa shape index (κ3) is 15.8. The number of unbranched alkanes of at least 4 members (excludes halogenated alkanes) is 9. The molecule has 0 aliphatic carbocycles. The van der Waals surface area contributed by atoms with Crippen molar-refractivity contribution in [2.24, 2.45) is 0 Å².